The number of rotatable bonds is 13. The number of thioether (sulfide) groups is 1. The third-order valence-electron chi connectivity index (χ3n) is 5.99. The summed E-state index contributed by atoms with van der Waals surface area (Å²) in [5.41, 5.74) is 0.234. The van der Waals surface area contributed by atoms with Gasteiger partial charge in [-0.3, -0.25) is 38.7 Å². The highest BCUT2D eigenvalue weighted by atomic mass is 32.2. The van der Waals surface area contributed by atoms with E-state index in [0.717, 1.165) is 16.7 Å². The number of imide groups is 1. The predicted molar refractivity (Wildman–Crippen MR) is 157 cm³/mol. The Morgan fingerprint density at radius 2 is 1.59 bits per heavy atom. The molecule has 0 aliphatic rings. The Morgan fingerprint density at radius 3 is 2.15 bits per heavy atom. The van der Waals surface area contributed by atoms with Crippen LogP contribution < -0.4 is 16.0 Å². The van der Waals surface area contributed by atoms with E-state index in [9.17, 15) is 28.8 Å². The van der Waals surface area contributed by atoms with Crippen LogP contribution in [0.2, 0.25) is 0 Å². The summed E-state index contributed by atoms with van der Waals surface area (Å²) in [6, 6.07) is 9.65. The lowest BCUT2D eigenvalue weighted by molar-refractivity contribution is -0.131. The van der Waals surface area contributed by atoms with Gasteiger partial charge in [-0.15, -0.1) is 0 Å². The van der Waals surface area contributed by atoms with Gasteiger partial charge in [-0.2, -0.15) is 0 Å². The lowest BCUT2D eigenvalue weighted by atomic mass is 9.86. The van der Waals surface area contributed by atoms with Crippen LogP contribution >= 0.6 is 11.8 Å². The monoisotopic (exact) mass is 583 g/mol. The zero-order valence-corrected chi connectivity index (χ0v) is 24.7. The van der Waals surface area contributed by atoms with Gasteiger partial charge in [0.05, 0.1) is 5.25 Å². The van der Waals surface area contributed by atoms with E-state index in [1.807, 2.05) is 0 Å². The fourth-order valence-corrected chi connectivity index (χ4v) is 4.66. The molecule has 0 radical (unpaired) electrons. The van der Waals surface area contributed by atoms with Gasteiger partial charge in [0.2, 0.25) is 24.1 Å². The van der Waals surface area contributed by atoms with E-state index in [2.05, 4.69) is 20.9 Å². The van der Waals surface area contributed by atoms with E-state index in [0.29, 0.717) is 17.7 Å². The first-order chi connectivity index (χ1) is 19.3. The van der Waals surface area contributed by atoms with Crippen LogP contribution in [0.15, 0.2) is 54.9 Å². The van der Waals surface area contributed by atoms with Gasteiger partial charge in [0, 0.05) is 37.1 Å². The van der Waals surface area contributed by atoms with Crippen molar-refractivity contribution in [2.45, 2.75) is 64.8 Å². The molecular formula is C29H37N5O6S. The first-order valence-electron chi connectivity index (χ1n) is 13.1. The van der Waals surface area contributed by atoms with Crippen molar-refractivity contribution >= 4 is 52.6 Å². The predicted octanol–water partition coefficient (Wildman–Crippen LogP) is 2.78. The smallest absolute Gasteiger partial charge is 0.260 e. The van der Waals surface area contributed by atoms with Crippen molar-refractivity contribution in [1.29, 1.82) is 0 Å². The summed E-state index contributed by atoms with van der Waals surface area (Å²) in [6.45, 7) is 8.27. The van der Waals surface area contributed by atoms with Gasteiger partial charge in [0.15, 0.2) is 5.12 Å². The first kappa shape index (κ1) is 33.1. The lowest BCUT2D eigenvalue weighted by Gasteiger charge is -2.31. The molecule has 0 aliphatic heterocycles. The molecule has 0 saturated heterocycles. The fraction of sp³-hybridized carbons (Fsp3) is 0.414. The topological polar surface area (TPSA) is 155 Å². The number of pyridine rings is 1. The van der Waals surface area contributed by atoms with Gasteiger partial charge in [-0.1, -0.05) is 50.7 Å². The van der Waals surface area contributed by atoms with Gasteiger partial charge in [-0.25, -0.2) is 0 Å². The number of carbonyl (C=O) groups excluding carboxylic acids is 6. The number of anilines is 1. The molecule has 1 aromatic heterocycles. The molecule has 12 heteroatoms. The maximum Gasteiger partial charge on any atom is 0.260 e. The van der Waals surface area contributed by atoms with E-state index >= 15 is 0 Å². The summed E-state index contributed by atoms with van der Waals surface area (Å²) in [6.07, 6.45) is 3.94. The number of nitrogens with zero attached hydrogens (tertiary/aromatic N) is 2. The number of hydrogen-bond donors (Lipinski definition) is 3. The van der Waals surface area contributed by atoms with E-state index in [1.165, 1.54) is 26.2 Å². The molecule has 2 aromatic rings. The van der Waals surface area contributed by atoms with E-state index < -0.39 is 46.4 Å². The van der Waals surface area contributed by atoms with E-state index in [4.69, 9.17) is 0 Å². The van der Waals surface area contributed by atoms with Crippen molar-refractivity contribution in [3.8, 4) is 0 Å². The molecule has 0 spiro atoms. The molecule has 41 heavy (non-hydrogen) atoms. The molecule has 3 atom stereocenters. The molecule has 5 amide bonds. The highest BCUT2D eigenvalue weighted by Gasteiger charge is 2.34. The summed E-state index contributed by atoms with van der Waals surface area (Å²) in [5.74, 6) is -2.01. The average Bonchev–Trinajstić information content (AvgIpc) is 2.92. The van der Waals surface area contributed by atoms with Gasteiger partial charge in [-0.05, 0) is 49.4 Å². The molecule has 0 bridgehead atoms. The third kappa shape index (κ3) is 10.8. The van der Waals surface area contributed by atoms with E-state index in [1.54, 1.807) is 63.2 Å². The molecule has 0 saturated carbocycles. The summed E-state index contributed by atoms with van der Waals surface area (Å²) >= 11 is 0.806. The zero-order chi connectivity index (χ0) is 30.6. The second-order valence-electron chi connectivity index (χ2n) is 10.5. The van der Waals surface area contributed by atoms with Crippen LogP contribution in [0.25, 0.3) is 0 Å². The van der Waals surface area contributed by atoms with Crippen molar-refractivity contribution in [2.75, 3.05) is 11.9 Å². The Labute approximate surface area is 244 Å². The van der Waals surface area contributed by atoms with Crippen LogP contribution in [0, 0.1) is 5.41 Å². The molecule has 3 N–H and O–H groups in total. The Hall–Kier alpha value is -4.06. The zero-order valence-electron chi connectivity index (χ0n) is 23.9. The van der Waals surface area contributed by atoms with Crippen LogP contribution in [-0.2, 0) is 24.0 Å². The second-order valence-corrected chi connectivity index (χ2v) is 11.9. The SMILES string of the molecule is CC(=O)SC(CCCN(C=O)C(=O)c1ccccc1)C(=O)N[C@@H](C)C(=O)N[C@H](C(=O)Nc1ccncc1)C(C)(C)C. The van der Waals surface area contributed by atoms with Crippen molar-refractivity contribution in [2.24, 2.45) is 5.41 Å². The van der Waals surface area contributed by atoms with Crippen molar-refractivity contribution in [3.63, 3.8) is 0 Å². The Kier molecular flexibility index (Phi) is 12.7. The number of hydrogen-bond acceptors (Lipinski definition) is 8. The summed E-state index contributed by atoms with van der Waals surface area (Å²) < 4.78 is 0. The van der Waals surface area contributed by atoms with Gasteiger partial charge < -0.3 is 16.0 Å². The van der Waals surface area contributed by atoms with Gasteiger partial charge in [0.1, 0.15) is 12.1 Å². The van der Waals surface area contributed by atoms with Crippen LogP contribution in [-0.4, -0.2) is 68.9 Å². The highest BCUT2D eigenvalue weighted by Crippen LogP contribution is 2.22. The molecule has 1 aromatic carbocycles. The van der Waals surface area contributed by atoms with Crippen LogP contribution in [0.1, 0.15) is 57.8 Å². The quantitative estimate of drug-likeness (QED) is 0.304. The highest BCUT2D eigenvalue weighted by molar-refractivity contribution is 8.14. The molecule has 0 fully saturated rings. The number of aromatic nitrogens is 1. The van der Waals surface area contributed by atoms with Crippen LogP contribution in [0.5, 0.6) is 0 Å². The van der Waals surface area contributed by atoms with Crippen LogP contribution in [0.4, 0.5) is 5.69 Å². The van der Waals surface area contributed by atoms with Gasteiger partial charge in [0.25, 0.3) is 5.91 Å². The average molecular weight is 584 g/mol. The summed E-state index contributed by atoms with van der Waals surface area (Å²) in [7, 11) is 0. The molecular weight excluding hydrogens is 546 g/mol. The molecule has 0 aliphatic carbocycles. The molecule has 220 valence electrons. The van der Waals surface area contributed by atoms with Crippen molar-refractivity contribution < 1.29 is 28.8 Å². The molecule has 1 unspecified atom stereocenters. The fourth-order valence-electron chi connectivity index (χ4n) is 3.80. The lowest BCUT2D eigenvalue weighted by Crippen LogP contribution is -2.56. The Balaban J connectivity index is 2.00. The van der Waals surface area contributed by atoms with E-state index in [-0.39, 0.29) is 24.5 Å². The van der Waals surface area contributed by atoms with Crippen molar-refractivity contribution in [1.82, 2.24) is 20.5 Å². The largest absolute Gasteiger partial charge is 0.344 e. The number of nitrogens with one attached hydrogen (secondary N) is 3. The normalized spacial score (nSPS) is 13.2. The molecule has 2 rings (SSSR count). The molecule has 11 nitrogen and oxygen atoms in total. The van der Waals surface area contributed by atoms with Crippen LogP contribution in [0.3, 0.4) is 0 Å². The molecule has 1 heterocycles. The number of amides is 5. The summed E-state index contributed by atoms with van der Waals surface area (Å²) in [5, 5.41) is 6.94. The minimum absolute atomic E-state index is 0.0510. The van der Waals surface area contributed by atoms with Gasteiger partial charge >= 0.3 is 0 Å². The maximum atomic E-state index is 13.1. The Bertz CT molecular complexity index is 1220. The second kappa shape index (κ2) is 15.7. The maximum absolute atomic E-state index is 13.1. The minimum Gasteiger partial charge on any atom is -0.344 e. The standard InChI is InChI=1S/C29H37N5O6S/c1-19(25(37)33-24(29(3,4)5)27(39)32-22-13-15-30-16-14-22)31-26(38)23(41-20(2)36)12-9-17-34(18-35)28(40)21-10-7-6-8-11-21/h6-8,10-11,13-16,18-19,23-24H,9,12,17H2,1-5H3,(H,31,38)(H,33,37)(H,30,32,39)/t19-,23?,24+/m0/s1. The number of carbonyl (C=O) groups is 6. The third-order valence-corrected chi connectivity index (χ3v) is 7.06. The Morgan fingerprint density at radius 1 is 0.951 bits per heavy atom. The minimum atomic E-state index is -1.01. The van der Waals surface area contributed by atoms with Crippen molar-refractivity contribution in [3.05, 3.63) is 60.4 Å². The first-order valence-corrected chi connectivity index (χ1v) is 14.0. The number of benzene rings is 1. The summed E-state index contributed by atoms with van der Waals surface area (Å²) in [4.78, 5) is 79.9.